The van der Waals surface area contributed by atoms with E-state index in [0.29, 0.717) is 17.6 Å². The normalized spacial score (nSPS) is 10.7. The van der Waals surface area contributed by atoms with E-state index in [-0.39, 0.29) is 5.91 Å². The summed E-state index contributed by atoms with van der Waals surface area (Å²) in [6.07, 6.45) is 4.80. The number of fused-ring (bicyclic) bond motifs is 1. The van der Waals surface area contributed by atoms with Gasteiger partial charge in [-0.3, -0.25) is 4.79 Å². The minimum atomic E-state index is -0.270. The Hall–Kier alpha value is -4.98. The topological polar surface area (TPSA) is 88.0 Å². The average molecular weight is 476 g/mol. The minimum absolute atomic E-state index is 0.270. The maximum absolute atomic E-state index is 11.6. The lowest BCUT2D eigenvalue weighted by Crippen LogP contribution is -2.15. The number of carbonyl (C=O) groups is 1. The van der Waals surface area contributed by atoms with Crippen LogP contribution in [0.4, 0.5) is 29.0 Å². The number of rotatable bonds is 8. The van der Waals surface area contributed by atoms with Crippen LogP contribution in [0.2, 0.25) is 0 Å². The van der Waals surface area contributed by atoms with E-state index in [4.69, 9.17) is 0 Å². The molecule has 1 amide bonds. The molecule has 2 N–H and O–H groups in total. The molecule has 2 aromatic heterocycles. The Labute approximate surface area is 209 Å². The fourth-order valence-corrected chi connectivity index (χ4v) is 3.94. The van der Waals surface area contributed by atoms with Crippen LogP contribution < -0.4 is 15.5 Å². The number of amides is 1. The van der Waals surface area contributed by atoms with Gasteiger partial charge in [0, 0.05) is 47.8 Å². The zero-order chi connectivity index (χ0) is 24.9. The van der Waals surface area contributed by atoms with Crippen LogP contribution in [0, 0.1) is 0 Å². The molecule has 0 bridgehead atoms. The molecule has 0 saturated heterocycles. The summed E-state index contributed by atoms with van der Waals surface area (Å²) in [5, 5.41) is 7.17. The molecule has 0 unspecified atom stereocenters. The van der Waals surface area contributed by atoms with E-state index >= 15 is 0 Å². The number of nitrogens with one attached hydrogen (secondary N) is 2. The molecular weight excluding hydrogens is 450 g/mol. The van der Waals surface area contributed by atoms with Crippen LogP contribution in [0.15, 0.2) is 104 Å². The second kappa shape index (κ2) is 10.1. The van der Waals surface area contributed by atoms with Crippen molar-refractivity contribution in [2.45, 2.75) is 6.54 Å². The summed E-state index contributed by atoms with van der Waals surface area (Å²) in [5.41, 5.74) is 4.77. The number of hydrogen-bond acceptors (Lipinski definition) is 6. The summed E-state index contributed by atoms with van der Waals surface area (Å²) in [5.74, 6) is 0.634. The second-order valence-corrected chi connectivity index (χ2v) is 8.24. The van der Waals surface area contributed by atoms with Crippen molar-refractivity contribution >= 4 is 45.8 Å². The molecule has 8 heteroatoms. The summed E-state index contributed by atoms with van der Waals surface area (Å²) in [4.78, 5) is 26.6. The molecule has 0 spiro atoms. The van der Waals surface area contributed by atoms with Gasteiger partial charge in [0.25, 0.3) is 0 Å². The molecule has 3 aromatic carbocycles. The molecule has 5 aromatic rings. The molecule has 0 saturated carbocycles. The van der Waals surface area contributed by atoms with Gasteiger partial charge in [-0.25, -0.2) is 9.97 Å². The van der Waals surface area contributed by atoms with Crippen LogP contribution in [0.5, 0.6) is 0 Å². The summed E-state index contributed by atoms with van der Waals surface area (Å²) < 4.78 is 2.23. The zero-order valence-corrected chi connectivity index (χ0v) is 19.8. The quantitative estimate of drug-likeness (QED) is 0.288. The lowest BCUT2D eigenvalue weighted by molar-refractivity contribution is -0.111. The third-order valence-corrected chi connectivity index (χ3v) is 5.77. The molecule has 0 aliphatic rings. The van der Waals surface area contributed by atoms with Crippen molar-refractivity contribution in [1.82, 2.24) is 19.5 Å². The average Bonchev–Trinajstić information content (AvgIpc) is 3.30. The van der Waals surface area contributed by atoms with Crippen molar-refractivity contribution in [3.8, 4) is 0 Å². The van der Waals surface area contributed by atoms with Gasteiger partial charge in [0.15, 0.2) is 0 Å². The Morgan fingerprint density at radius 2 is 1.86 bits per heavy atom. The molecule has 2 heterocycles. The number of benzene rings is 3. The molecule has 0 aliphatic carbocycles. The Morgan fingerprint density at radius 1 is 1.00 bits per heavy atom. The first kappa shape index (κ1) is 22.8. The van der Waals surface area contributed by atoms with Gasteiger partial charge in [0.05, 0.1) is 0 Å². The van der Waals surface area contributed by atoms with E-state index < -0.39 is 0 Å². The van der Waals surface area contributed by atoms with Crippen LogP contribution in [-0.2, 0) is 11.3 Å². The number of anilines is 5. The summed E-state index contributed by atoms with van der Waals surface area (Å²) >= 11 is 0. The Bertz CT molecular complexity index is 1530. The van der Waals surface area contributed by atoms with Crippen molar-refractivity contribution in [1.29, 1.82) is 0 Å². The van der Waals surface area contributed by atoms with Crippen LogP contribution in [-0.4, -0.2) is 32.5 Å². The van der Waals surface area contributed by atoms with Gasteiger partial charge in [-0.15, -0.1) is 0 Å². The maximum atomic E-state index is 11.6. The van der Waals surface area contributed by atoms with Crippen LogP contribution >= 0.6 is 0 Å². The van der Waals surface area contributed by atoms with Gasteiger partial charge in [0.2, 0.25) is 17.8 Å². The highest BCUT2D eigenvalue weighted by atomic mass is 16.1. The minimum Gasteiger partial charge on any atom is -0.343 e. The number of nitrogens with zero attached hydrogens (tertiary/aromatic N) is 5. The largest absolute Gasteiger partial charge is 0.343 e. The highest BCUT2D eigenvalue weighted by molar-refractivity contribution is 5.99. The Balaban J connectivity index is 1.33. The van der Waals surface area contributed by atoms with Crippen molar-refractivity contribution < 1.29 is 4.79 Å². The van der Waals surface area contributed by atoms with Gasteiger partial charge < -0.3 is 20.1 Å². The van der Waals surface area contributed by atoms with Crippen LogP contribution in [0.1, 0.15) is 5.56 Å². The predicted molar refractivity (Wildman–Crippen MR) is 144 cm³/mol. The first-order valence-corrected chi connectivity index (χ1v) is 11.4. The second-order valence-electron chi connectivity index (χ2n) is 8.24. The summed E-state index contributed by atoms with van der Waals surface area (Å²) in [7, 11) is 1.86. The van der Waals surface area contributed by atoms with Crippen LogP contribution in [0.3, 0.4) is 0 Å². The number of carbonyl (C=O) groups excluding carboxylic acids is 1. The van der Waals surface area contributed by atoms with Gasteiger partial charge in [0.1, 0.15) is 6.33 Å². The van der Waals surface area contributed by atoms with E-state index in [1.54, 1.807) is 0 Å². The number of hydrogen-bond donors (Lipinski definition) is 2. The molecule has 0 aliphatic heterocycles. The molecular formula is C28H25N7O. The first-order chi connectivity index (χ1) is 17.6. The standard InChI is InChI=1S/C28H25N7O/c1-3-26(36)31-22-10-7-11-24(17-22)34(2)28-30-19-29-27(33-28)32-23-12-13-25-21(16-23)14-15-35(25)18-20-8-5-4-6-9-20/h3-17,19H,1,18H2,2H3,(H,31,36)(H,29,30,32,33). The molecule has 36 heavy (non-hydrogen) atoms. The predicted octanol–water partition coefficient (Wildman–Crippen LogP) is 5.51. The van der Waals surface area contributed by atoms with Gasteiger partial charge in [-0.1, -0.05) is 43.0 Å². The van der Waals surface area contributed by atoms with Crippen molar-refractivity contribution in [2.24, 2.45) is 0 Å². The Kier molecular flexibility index (Phi) is 6.40. The van der Waals surface area contributed by atoms with E-state index in [0.717, 1.165) is 28.8 Å². The number of aromatic nitrogens is 4. The van der Waals surface area contributed by atoms with E-state index in [1.165, 1.54) is 18.0 Å². The van der Waals surface area contributed by atoms with Crippen molar-refractivity contribution in [2.75, 3.05) is 22.6 Å². The third kappa shape index (κ3) is 5.07. The highest BCUT2D eigenvalue weighted by Crippen LogP contribution is 2.26. The third-order valence-electron chi connectivity index (χ3n) is 5.77. The van der Waals surface area contributed by atoms with Gasteiger partial charge >= 0.3 is 0 Å². The molecule has 5 rings (SSSR count). The molecule has 178 valence electrons. The van der Waals surface area contributed by atoms with Crippen molar-refractivity contribution in [3.05, 3.63) is 110 Å². The molecule has 8 nitrogen and oxygen atoms in total. The highest BCUT2D eigenvalue weighted by Gasteiger charge is 2.11. The fourth-order valence-electron chi connectivity index (χ4n) is 3.94. The monoisotopic (exact) mass is 475 g/mol. The smallest absolute Gasteiger partial charge is 0.247 e. The summed E-state index contributed by atoms with van der Waals surface area (Å²) in [6, 6.07) is 26.1. The van der Waals surface area contributed by atoms with E-state index in [9.17, 15) is 4.79 Å². The molecule has 0 atom stereocenters. The lowest BCUT2D eigenvalue weighted by atomic mass is 10.2. The first-order valence-electron chi connectivity index (χ1n) is 11.4. The Morgan fingerprint density at radius 3 is 2.69 bits per heavy atom. The molecule has 0 fully saturated rings. The zero-order valence-electron chi connectivity index (χ0n) is 19.8. The van der Waals surface area contributed by atoms with Gasteiger partial charge in [-0.05, 0) is 54.1 Å². The maximum Gasteiger partial charge on any atom is 0.247 e. The summed E-state index contributed by atoms with van der Waals surface area (Å²) in [6.45, 7) is 4.30. The van der Waals surface area contributed by atoms with E-state index in [1.807, 2.05) is 48.3 Å². The SMILES string of the molecule is C=CC(=O)Nc1cccc(N(C)c2ncnc(Nc3ccc4c(ccn4Cc4ccccc4)c3)n2)c1. The van der Waals surface area contributed by atoms with Crippen molar-refractivity contribution in [3.63, 3.8) is 0 Å². The molecule has 0 radical (unpaired) electrons. The lowest BCUT2D eigenvalue weighted by Gasteiger charge is -2.18. The van der Waals surface area contributed by atoms with E-state index in [2.05, 4.69) is 85.4 Å². The van der Waals surface area contributed by atoms with Gasteiger partial charge in [-0.2, -0.15) is 4.98 Å². The van der Waals surface area contributed by atoms with Crippen LogP contribution in [0.25, 0.3) is 10.9 Å². The fraction of sp³-hybridized carbons (Fsp3) is 0.0714.